The van der Waals surface area contributed by atoms with Crippen molar-refractivity contribution in [2.24, 2.45) is 0 Å². The number of ether oxygens (including phenoxy) is 1. The maximum Gasteiger partial charge on any atom is 0.255 e. The van der Waals surface area contributed by atoms with Crippen molar-refractivity contribution in [2.45, 2.75) is 6.04 Å². The van der Waals surface area contributed by atoms with E-state index >= 15 is 0 Å². The molecule has 2 rings (SSSR count). The van der Waals surface area contributed by atoms with Gasteiger partial charge >= 0.3 is 0 Å². The van der Waals surface area contributed by atoms with Crippen molar-refractivity contribution in [3.05, 3.63) is 54.0 Å². The second-order valence-corrected chi connectivity index (χ2v) is 5.44. The van der Waals surface area contributed by atoms with Gasteiger partial charge in [-0.3, -0.25) is 9.78 Å². The number of carbonyl (C=O) groups excluding carboxylic acids is 1. The molecule has 0 bridgehead atoms. The van der Waals surface area contributed by atoms with Gasteiger partial charge in [-0.2, -0.15) is 0 Å². The van der Waals surface area contributed by atoms with E-state index in [1.165, 1.54) is 0 Å². The highest BCUT2D eigenvalue weighted by Crippen LogP contribution is 2.20. The number of hydrogen-bond acceptors (Lipinski definition) is 5. The molecule has 0 unspecified atom stereocenters. The Hall–Kier alpha value is -2.47. The van der Waals surface area contributed by atoms with Crippen molar-refractivity contribution in [2.75, 3.05) is 39.8 Å². The molecule has 2 aromatic rings. The molecular weight excluding hydrogens is 292 g/mol. The standard InChI is InChI=1S/C17H22N4O2/c1-20(2)16-9-8-13(11-19-16)17(22)21(3)15(12-23-4)14-7-5-6-10-18-14/h5-11,15H,12H2,1-4H3/t15-/m1/s1. The van der Waals surface area contributed by atoms with Crippen LogP contribution in [0.4, 0.5) is 5.82 Å². The van der Waals surface area contributed by atoms with Crippen molar-refractivity contribution in [1.29, 1.82) is 0 Å². The number of aromatic nitrogens is 2. The molecule has 0 aliphatic rings. The average molecular weight is 314 g/mol. The van der Waals surface area contributed by atoms with Crippen molar-refractivity contribution >= 4 is 11.7 Å². The minimum absolute atomic E-state index is 0.115. The number of rotatable bonds is 6. The molecule has 122 valence electrons. The number of nitrogens with zero attached hydrogens (tertiary/aromatic N) is 4. The molecule has 0 N–H and O–H groups in total. The number of likely N-dealkylation sites (N-methyl/N-ethyl adjacent to an activating group) is 1. The van der Waals surface area contributed by atoms with Gasteiger partial charge in [-0.15, -0.1) is 0 Å². The second-order valence-electron chi connectivity index (χ2n) is 5.44. The summed E-state index contributed by atoms with van der Waals surface area (Å²) in [7, 11) is 7.18. The Morgan fingerprint density at radius 1 is 1.17 bits per heavy atom. The van der Waals surface area contributed by atoms with E-state index in [9.17, 15) is 4.79 Å². The van der Waals surface area contributed by atoms with Crippen LogP contribution in [0.2, 0.25) is 0 Å². The molecule has 1 amide bonds. The van der Waals surface area contributed by atoms with Crippen molar-refractivity contribution in [3.8, 4) is 0 Å². The molecule has 0 fully saturated rings. The fourth-order valence-electron chi connectivity index (χ4n) is 2.25. The van der Waals surface area contributed by atoms with Gasteiger partial charge < -0.3 is 14.5 Å². The third kappa shape index (κ3) is 4.04. The summed E-state index contributed by atoms with van der Waals surface area (Å²) in [5.41, 5.74) is 1.33. The quantitative estimate of drug-likeness (QED) is 0.816. The average Bonchev–Trinajstić information content (AvgIpc) is 2.59. The first-order valence-corrected chi connectivity index (χ1v) is 7.35. The lowest BCUT2D eigenvalue weighted by Crippen LogP contribution is -2.34. The predicted octanol–water partition coefficient (Wildman–Crippen LogP) is 2.00. The van der Waals surface area contributed by atoms with E-state index < -0.39 is 0 Å². The van der Waals surface area contributed by atoms with E-state index in [0.29, 0.717) is 12.2 Å². The number of methoxy groups -OCH3 is 1. The molecule has 23 heavy (non-hydrogen) atoms. The lowest BCUT2D eigenvalue weighted by atomic mass is 10.1. The number of hydrogen-bond donors (Lipinski definition) is 0. The highest BCUT2D eigenvalue weighted by molar-refractivity contribution is 5.94. The van der Waals surface area contributed by atoms with Crippen LogP contribution in [0, 0.1) is 0 Å². The van der Waals surface area contributed by atoms with Gasteiger partial charge in [-0.1, -0.05) is 6.07 Å². The van der Waals surface area contributed by atoms with Gasteiger partial charge in [0.15, 0.2) is 0 Å². The first kappa shape index (κ1) is 16.9. The molecule has 0 saturated carbocycles. The minimum Gasteiger partial charge on any atom is -0.382 e. The van der Waals surface area contributed by atoms with Crippen molar-refractivity contribution in [1.82, 2.24) is 14.9 Å². The number of carbonyl (C=O) groups is 1. The van der Waals surface area contributed by atoms with Crippen LogP contribution in [0.25, 0.3) is 0 Å². The summed E-state index contributed by atoms with van der Waals surface area (Å²) in [6.45, 7) is 0.377. The summed E-state index contributed by atoms with van der Waals surface area (Å²) < 4.78 is 5.26. The van der Waals surface area contributed by atoms with E-state index in [2.05, 4.69) is 9.97 Å². The zero-order chi connectivity index (χ0) is 16.8. The van der Waals surface area contributed by atoms with Gasteiger partial charge in [0.25, 0.3) is 5.91 Å². The van der Waals surface area contributed by atoms with E-state index in [4.69, 9.17) is 4.74 Å². The van der Waals surface area contributed by atoms with Gasteiger partial charge in [0.1, 0.15) is 5.82 Å². The highest BCUT2D eigenvalue weighted by atomic mass is 16.5. The Balaban J connectivity index is 2.22. The summed E-state index contributed by atoms with van der Waals surface area (Å²) in [6, 6.07) is 9.00. The zero-order valence-electron chi connectivity index (χ0n) is 13.9. The maximum atomic E-state index is 12.7. The Kier molecular flexibility index (Phi) is 5.65. The van der Waals surface area contributed by atoms with Gasteiger partial charge in [-0.05, 0) is 24.3 Å². The van der Waals surface area contributed by atoms with Crippen LogP contribution in [-0.2, 0) is 4.74 Å². The fraction of sp³-hybridized carbons (Fsp3) is 0.353. The van der Waals surface area contributed by atoms with E-state index in [-0.39, 0.29) is 11.9 Å². The second kappa shape index (κ2) is 7.69. The van der Waals surface area contributed by atoms with Gasteiger partial charge in [0.05, 0.1) is 23.9 Å². The first-order chi connectivity index (χ1) is 11.0. The van der Waals surface area contributed by atoms with Crippen LogP contribution >= 0.6 is 0 Å². The summed E-state index contributed by atoms with van der Waals surface area (Å²) in [4.78, 5) is 24.9. The topological polar surface area (TPSA) is 58.6 Å². The Labute approximate surface area is 136 Å². The molecule has 0 aromatic carbocycles. The third-order valence-corrected chi connectivity index (χ3v) is 3.59. The first-order valence-electron chi connectivity index (χ1n) is 7.35. The van der Waals surface area contributed by atoms with E-state index in [1.807, 2.05) is 43.3 Å². The SMILES string of the molecule is COC[C@H](c1ccccn1)N(C)C(=O)c1ccc(N(C)C)nc1. The molecular formula is C17H22N4O2. The van der Waals surface area contributed by atoms with Crippen molar-refractivity contribution < 1.29 is 9.53 Å². The summed E-state index contributed by atoms with van der Waals surface area (Å²) in [5.74, 6) is 0.692. The number of pyridine rings is 2. The van der Waals surface area contributed by atoms with Crippen LogP contribution in [0.5, 0.6) is 0 Å². The van der Waals surface area contributed by atoms with Crippen LogP contribution in [-0.4, -0.2) is 55.6 Å². The lowest BCUT2D eigenvalue weighted by molar-refractivity contribution is 0.0594. The van der Waals surface area contributed by atoms with Gasteiger partial charge in [0, 0.05) is 40.6 Å². The minimum atomic E-state index is -0.248. The van der Waals surface area contributed by atoms with Crippen LogP contribution < -0.4 is 4.90 Å². The summed E-state index contributed by atoms with van der Waals surface area (Å²) in [5, 5.41) is 0. The van der Waals surface area contributed by atoms with E-state index in [1.54, 1.807) is 37.5 Å². The Morgan fingerprint density at radius 3 is 2.48 bits per heavy atom. The molecule has 6 heteroatoms. The lowest BCUT2D eigenvalue weighted by Gasteiger charge is -2.27. The molecule has 2 aromatic heterocycles. The summed E-state index contributed by atoms with van der Waals surface area (Å²) >= 11 is 0. The zero-order valence-corrected chi connectivity index (χ0v) is 13.9. The molecule has 1 atom stereocenters. The monoisotopic (exact) mass is 314 g/mol. The van der Waals surface area contributed by atoms with Crippen LogP contribution in [0.3, 0.4) is 0 Å². The molecule has 0 radical (unpaired) electrons. The van der Waals surface area contributed by atoms with Crippen LogP contribution in [0.15, 0.2) is 42.7 Å². The molecule has 0 saturated heterocycles. The van der Waals surface area contributed by atoms with Crippen LogP contribution in [0.1, 0.15) is 22.1 Å². The predicted molar refractivity (Wildman–Crippen MR) is 89.5 cm³/mol. The molecule has 0 aliphatic carbocycles. The smallest absolute Gasteiger partial charge is 0.255 e. The highest BCUT2D eigenvalue weighted by Gasteiger charge is 2.24. The molecule has 0 spiro atoms. The number of amides is 1. The molecule has 0 aliphatic heterocycles. The van der Waals surface area contributed by atoms with Gasteiger partial charge in [-0.25, -0.2) is 4.98 Å². The molecule has 2 heterocycles. The normalized spacial score (nSPS) is 11.8. The maximum absolute atomic E-state index is 12.7. The molecule has 6 nitrogen and oxygen atoms in total. The van der Waals surface area contributed by atoms with E-state index in [0.717, 1.165) is 11.5 Å². The third-order valence-electron chi connectivity index (χ3n) is 3.59. The van der Waals surface area contributed by atoms with Crippen molar-refractivity contribution in [3.63, 3.8) is 0 Å². The van der Waals surface area contributed by atoms with Gasteiger partial charge in [0.2, 0.25) is 0 Å². The Bertz CT molecular complexity index is 629. The Morgan fingerprint density at radius 2 is 1.96 bits per heavy atom. The fourth-order valence-corrected chi connectivity index (χ4v) is 2.25. The largest absolute Gasteiger partial charge is 0.382 e. The number of anilines is 1. The summed E-state index contributed by atoms with van der Waals surface area (Å²) in [6.07, 6.45) is 3.31.